The average Bonchev–Trinajstić information content (AvgIpc) is 3.13. The number of aliphatic carboxylic acids is 2. The molecule has 0 unspecified atom stereocenters. The lowest BCUT2D eigenvalue weighted by atomic mass is 10.1. The average molecular weight is 864 g/mol. The van der Waals surface area contributed by atoms with E-state index in [1.54, 1.807) is 12.5 Å². The zero-order valence-electron chi connectivity index (χ0n) is 32.7. The van der Waals surface area contributed by atoms with Crippen LogP contribution in [0.15, 0.2) is 0 Å². The molecular formula is C33H57N11O12S2. The maximum Gasteiger partial charge on any atom is 0.303 e. The van der Waals surface area contributed by atoms with Crippen LogP contribution in [0, 0.1) is 5.41 Å². The van der Waals surface area contributed by atoms with Crippen LogP contribution in [-0.2, 0) is 47.9 Å². The molecule has 8 amide bonds. The number of thioether (sulfide) groups is 2. The van der Waals surface area contributed by atoms with Crippen molar-refractivity contribution in [3.63, 3.8) is 0 Å². The van der Waals surface area contributed by atoms with Gasteiger partial charge in [-0.3, -0.25) is 53.4 Å². The molecule has 6 atom stereocenters. The molecule has 0 fully saturated rings. The maximum atomic E-state index is 13.8. The number of carboxylic acid groups (broad SMARTS) is 2. The molecule has 0 radical (unpaired) electrons. The van der Waals surface area contributed by atoms with Gasteiger partial charge in [-0.25, -0.2) is 0 Å². The van der Waals surface area contributed by atoms with Gasteiger partial charge in [-0.2, -0.15) is 23.5 Å². The van der Waals surface area contributed by atoms with Crippen molar-refractivity contribution in [1.82, 2.24) is 37.2 Å². The minimum absolute atomic E-state index is 0.00966. The molecule has 0 aromatic rings. The summed E-state index contributed by atoms with van der Waals surface area (Å²) in [4.78, 5) is 125. The molecule has 328 valence electrons. The first-order valence-electron chi connectivity index (χ1n) is 18.1. The van der Waals surface area contributed by atoms with E-state index >= 15 is 0 Å². The number of hydrogen-bond acceptors (Lipinski definition) is 13. The van der Waals surface area contributed by atoms with Crippen LogP contribution in [0.2, 0.25) is 0 Å². The van der Waals surface area contributed by atoms with E-state index in [4.69, 9.17) is 27.7 Å². The fraction of sp³-hybridized carbons (Fsp3) is 0.667. The SMILES string of the molecule is CSCC[C@H](NC(=O)[C@H](CCCNC(=N)N)NC(=O)[C@H](CCSC)NC(=O)[C@H](CCC(=O)O)NC(=O)[C@H](CCC(=O)O)NC(C)=O)C(=O)N[C@@H](CCC(N)=O)C(N)=O. The first-order chi connectivity index (χ1) is 27.2. The molecule has 16 N–H and O–H groups in total. The molecule has 0 aliphatic rings. The van der Waals surface area contributed by atoms with Crippen LogP contribution in [0.25, 0.3) is 0 Å². The number of nitrogens with one attached hydrogen (secondary N) is 8. The highest BCUT2D eigenvalue weighted by atomic mass is 32.2. The number of carboxylic acids is 2. The molecule has 0 aromatic carbocycles. The van der Waals surface area contributed by atoms with Gasteiger partial charge >= 0.3 is 11.9 Å². The lowest BCUT2D eigenvalue weighted by Gasteiger charge is -2.27. The Labute approximate surface area is 343 Å². The third-order valence-electron chi connectivity index (χ3n) is 8.07. The van der Waals surface area contributed by atoms with Crippen molar-refractivity contribution in [2.24, 2.45) is 17.2 Å². The van der Waals surface area contributed by atoms with Crippen molar-refractivity contribution in [1.29, 1.82) is 5.41 Å². The van der Waals surface area contributed by atoms with Crippen molar-refractivity contribution in [3.8, 4) is 0 Å². The van der Waals surface area contributed by atoms with Crippen molar-refractivity contribution in [2.75, 3.05) is 30.6 Å². The van der Waals surface area contributed by atoms with Crippen molar-refractivity contribution in [2.45, 2.75) is 107 Å². The van der Waals surface area contributed by atoms with Crippen LogP contribution >= 0.6 is 23.5 Å². The molecule has 0 aliphatic heterocycles. The highest BCUT2D eigenvalue weighted by Gasteiger charge is 2.33. The summed E-state index contributed by atoms with van der Waals surface area (Å²) in [5.74, 6) is -9.08. The van der Waals surface area contributed by atoms with E-state index in [2.05, 4.69) is 37.2 Å². The van der Waals surface area contributed by atoms with Gasteiger partial charge in [0.2, 0.25) is 47.3 Å². The van der Waals surface area contributed by atoms with Crippen molar-refractivity contribution >= 4 is 88.7 Å². The second-order valence-electron chi connectivity index (χ2n) is 12.9. The number of rotatable bonds is 31. The second kappa shape index (κ2) is 29.0. The van der Waals surface area contributed by atoms with E-state index in [1.165, 1.54) is 23.5 Å². The van der Waals surface area contributed by atoms with Crippen molar-refractivity contribution < 1.29 is 58.2 Å². The fourth-order valence-corrected chi connectivity index (χ4v) is 6.00. The third-order valence-corrected chi connectivity index (χ3v) is 9.35. The van der Waals surface area contributed by atoms with E-state index in [9.17, 15) is 53.1 Å². The standard InChI is InChI=1S/C33H57N11O12S2/c1-17(45)39-20(7-10-25(47)48)29(53)42-21(8-11-26(49)50)30(54)44-23(13-16-58-3)32(56)41-19(5-4-14-38-33(36)37)28(52)43-22(12-15-57-2)31(55)40-18(27(35)51)6-9-24(34)46/h18-23H,4-16H2,1-3H3,(H2,34,46)(H2,35,51)(H,39,45)(H,40,55)(H,41,56)(H,42,53)(H,43,52)(H,44,54)(H,47,48)(H,49,50)(H4,36,37,38)/t18-,19-,20-,21-,22-,23-/m0/s1. The smallest absolute Gasteiger partial charge is 0.303 e. The Bertz CT molecular complexity index is 1470. The minimum atomic E-state index is -1.56. The number of guanidine groups is 1. The van der Waals surface area contributed by atoms with E-state index in [0.29, 0.717) is 11.5 Å². The Morgan fingerprint density at radius 3 is 1.21 bits per heavy atom. The monoisotopic (exact) mass is 863 g/mol. The zero-order valence-corrected chi connectivity index (χ0v) is 34.3. The Balaban J connectivity index is 6.46. The van der Waals surface area contributed by atoms with Crippen LogP contribution in [0.1, 0.15) is 71.1 Å². The molecule has 23 nitrogen and oxygen atoms in total. The summed E-state index contributed by atoms with van der Waals surface area (Å²) >= 11 is 2.66. The number of nitrogens with two attached hydrogens (primary N) is 3. The number of hydrogen-bond donors (Lipinski definition) is 13. The summed E-state index contributed by atoms with van der Waals surface area (Å²) in [5.41, 5.74) is 15.9. The Hall–Kier alpha value is -5.33. The number of amides is 8. The van der Waals surface area contributed by atoms with Crippen LogP contribution in [0.3, 0.4) is 0 Å². The first kappa shape index (κ1) is 52.7. The highest BCUT2D eigenvalue weighted by molar-refractivity contribution is 7.98. The second-order valence-corrected chi connectivity index (χ2v) is 14.8. The van der Waals surface area contributed by atoms with Crippen LogP contribution in [-0.4, -0.2) is 142 Å². The Morgan fingerprint density at radius 1 is 0.534 bits per heavy atom. The van der Waals surface area contributed by atoms with Gasteiger partial charge in [0.25, 0.3) is 0 Å². The largest absolute Gasteiger partial charge is 0.481 e. The van der Waals surface area contributed by atoms with Gasteiger partial charge in [0.1, 0.15) is 36.3 Å². The fourth-order valence-electron chi connectivity index (χ4n) is 5.06. The maximum absolute atomic E-state index is 13.8. The summed E-state index contributed by atoms with van der Waals surface area (Å²) in [5, 5.41) is 43.0. The molecular weight excluding hydrogens is 807 g/mol. The molecule has 0 aliphatic carbocycles. The normalized spacial score (nSPS) is 13.8. The number of carbonyl (C=O) groups is 10. The topological polar surface area (TPSA) is 397 Å². The predicted octanol–water partition coefficient (Wildman–Crippen LogP) is -3.84. The zero-order chi connectivity index (χ0) is 44.4. The summed E-state index contributed by atoms with van der Waals surface area (Å²) in [6, 6.07) is -8.18. The molecule has 25 heteroatoms. The van der Waals surface area contributed by atoms with Gasteiger partial charge in [0, 0.05) is 32.7 Å². The van der Waals surface area contributed by atoms with Gasteiger partial charge in [-0.1, -0.05) is 0 Å². The van der Waals surface area contributed by atoms with Gasteiger partial charge in [-0.05, 0) is 69.0 Å². The van der Waals surface area contributed by atoms with Crippen LogP contribution in [0.4, 0.5) is 0 Å². The van der Waals surface area contributed by atoms with Crippen molar-refractivity contribution in [3.05, 3.63) is 0 Å². The Kier molecular flexibility index (Phi) is 26.3. The summed E-state index contributed by atoms with van der Waals surface area (Å²) < 4.78 is 0. The van der Waals surface area contributed by atoms with Gasteiger partial charge in [0.05, 0.1) is 0 Å². The van der Waals surface area contributed by atoms with Gasteiger partial charge < -0.3 is 64.6 Å². The molecule has 0 saturated heterocycles. The predicted molar refractivity (Wildman–Crippen MR) is 214 cm³/mol. The highest BCUT2D eigenvalue weighted by Crippen LogP contribution is 2.09. The Morgan fingerprint density at radius 2 is 0.879 bits per heavy atom. The van der Waals surface area contributed by atoms with Gasteiger partial charge in [-0.15, -0.1) is 0 Å². The van der Waals surface area contributed by atoms with E-state index in [0.717, 1.165) is 6.92 Å². The van der Waals surface area contributed by atoms with E-state index < -0.39 is 115 Å². The van der Waals surface area contributed by atoms with Crippen LogP contribution < -0.4 is 54.4 Å². The molecule has 0 bridgehead atoms. The summed E-state index contributed by atoms with van der Waals surface area (Å²) in [6.07, 6.45) is 1.26. The third kappa shape index (κ3) is 23.7. The molecule has 0 spiro atoms. The lowest BCUT2D eigenvalue weighted by Crippen LogP contribution is -2.59. The van der Waals surface area contributed by atoms with E-state index in [1.807, 2.05) is 0 Å². The number of carbonyl (C=O) groups excluding carboxylic acids is 8. The molecule has 0 rings (SSSR count). The lowest BCUT2D eigenvalue weighted by molar-refractivity contribution is -0.140. The number of primary amides is 2. The van der Waals surface area contributed by atoms with Gasteiger partial charge in [0.15, 0.2) is 5.96 Å². The van der Waals surface area contributed by atoms with E-state index in [-0.39, 0.29) is 57.5 Å². The first-order valence-corrected chi connectivity index (χ1v) is 20.9. The molecule has 58 heavy (non-hydrogen) atoms. The molecule has 0 saturated carbocycles. The van der Waals surface area contributed by atoms with Crippen LogP contribution in [0.5, 0.6) is 0 Å². The summed E-state index contributed by atoms with van der Waals surface area (Å²) in [7, 11) is 0. The quantitative estimate of drug-likeness (QED) is 0.0180. The summed E-state index contributed by atoms with van der Waals surface area (Å²) in [6.45, 7) is 1.19. The minimum Gasteiger partial charge on any atom is -0.481 e. The molecule has 0 aromatic heterocycles. The molecule has 0 heterocycles.